The van der Waals surface area contributed by atoms with Gasteiger partial charge in [0.15, 0.2) is 5.65 Å². The first-order valence-corrected chi connectivity index (χ1v) is 9.54. The maximum Gasteiger partial charge on any atom is 0.264 e. The third kappa shape index (κ3) is 3.89. The Morgan fingerprint density at radius 3 is 2.62 bits per heavy atom. The van der Waals surface area contributed by atoms with Crippen molar-refractivity contribution in [3.8, 4) is 0 Å². The predicted octanol–water partition coefficient (Wildman–Crippen LogP) is 1.01. The van der Waals surface area contributed by atoms with E-state index in [0.29, 0.717) is 37.0 Å². The molecule has 1 aliphatic rings. The monoisotopic (exact) mass is 394 g/mol. The highest BCUT2D eigenvalue weighted by Gasteiger charge is 2.27. The minimum atomic E-state index is -0.284. The van der Waals surface area contributed by atoms with Gasteiger partial charge in [0.05, 0.1) is 6.20 Å². The summed E-state index contributed by atoms with van der Waals surface area (Å²) in [6.07, 6.45) is 4.03. The topological polar surface area (TPSA) is 102 Å². The summed E-state index contributed by atoms with van der Waals surface area (Å²) in [6, 6.07) is 9.34. The molecule has 150 valence electrons. The molecule has 0 radical (unpaired) electrons. The fourth-order valence-corrected chi connectivity index (χ4v) is 3.58. The van der Waals surface area contributed by atoms with Gasteiger partial charge in [-0.05, 0) is 25.0 Å². The molecule has 2 amide bonds. The molecule has 1 saturated heterocycles. The minimum absolute atomic E-state index is 0.0225. The number of benzene rings is 1. The third-order valence-electron chi connectivity index (χ3n) is 5.28. The van der Waals surface area contributed by atoms with Crippen LogP contribution < -0.4 is 10.9 Å². The van der Waals surface area contributed by atoms with E-state index in [2.05, 4.69) is 15.4 Å². The molecular weight excluding hydrogens is 372 g/mol. The molecule has 4 rings (SSSR count). The van der Waals surface area contributed by atoms with Crippen LogP contribution in [0.4, 0.5) is 5.69 Å². The summed E-state index contributed by atoms with van der Waals surface area (Å²) < 4.78 is 2.83. The first-order chi connectivity index (χ1) is 14.0. The molecule has 0 atom stereocenters. The largest absolute Gasteiger partial charge is 0.341 e. The van der Waals surface area contributed by atoms with Crippen LogP contribution in [-0.2, 0) is 23.2 Å². The molecule has 3 heterocycles. The molecule has 1 aromatic carbocycles. The van der Waals surface area contributed by atoms with Gasteiger partial charge in [0.2, 0.25) is 11.8 Å². The molecule has 3 aromatic rings. The Morgan fingerprint density at radius 2 is 1.90 bits per heavy atom. The number of aryl methyl sites for hydroxylation is 1. The summed E-state index contributed by atoms with van der Waals surface area (Å²) in [5, 5.41) is 7.34. The van der Waals surface area contributed by atoms with Crippen LogP contribution >= 0.6 is 0 Å². The van der Waals surface area contributed by atoms with Crippen LogP contribution in [0.1, 0.15) is 12.8 Å². The van der Waals surface area contributed by atoms with Crippen molar-refractivity contribution in [2.24, 2.45) is 13.0 Å². The van der Waals surface area contributed by atoms with Crippen molar-refractivity contribution < 1.29 is 9.59 Å². The van der Waals surface area contributed by atoms with E-state index in [0.717, 1.165) is 5.69 Å². The number of nitrogens with zero attached hydrogens (tertiary/aromatic N) is 5. The molecule has 0 unspecified atom stereocenters. The number of para-hydroxylation sites is 1. The van der Waals surface area contributed by atoms with E-state index in [1.807, 2.05) is 30.3 Å². The highest BCUT2D eigenvalue weighted by atomic mass is 16.2. The summed E-state index contributed by atoms with van der Waals surface area (Å²) in [7, 11) is 1.71. The summed E-state index contributed by atoms with van der Waals surface area (Å²) >= 11 is 0. The second kappa shape index (κ2) is 7.86. The zero-order chi connectivity index (χ0) is 20.4. The number of piperidine rings is 1. The lowest BCUT2D eigenvalue weighted by Crippen LogP contribution is -2.43. The van der Waals surface area contributed by atoms with E-state index in [1.54, 1.807) is 11.9 Å². The molecule has 1 fully saturated rings. The molecule has 0 spiro atoms. The molecular formula is C20H22N6O3. The fraction of sp³-hybridized carbons (Fsp3) is 0.350. The first-order valence-electron chi connectivity index (χ1n) is 9.54. The third-order valence-corrected chi connectivity index (χ3v) is 5.28. The maximum atomic E-state index is 12.6. The van der Waals surface area contributed by atoms with Crippen molar-refractivity contribution in [3.05, 3.63) is 53.2 Å². The van der Waals surface area contributed by atoms with Crippen LogP contribution in [0.15, 0.2) is 47.7 Å². The van der Waals surface area contributed by atoms with Gasteiger partial charge in [0.25, 0.3) is 5.56 Å². The number of carbonyl (C=O) groups excluding carboxylic acids is 2. The van der Waals surface area contributed by atoms with Crippen molar-refractivity contribution in [1.29, 1.82) is 0 Å². The molecule has 29 heavy (non-hydrogen) atoms. The van der Waals surface area contributed by atoms with Crippen molar-refractivity contribution in [3.63, 3.8) is 0 Å². The Balaban J connectivity index is 1.35. The van der Waals surface area contributed by atoms with E-state index < -0.39 is 0 Å². The van der Waals surface area contributed by atoms with E-state index in [4.69, 9.17) is 0 Å². The lowest BCUT2D eigenvalue weighted by atomic mass is 9.95. The van der Waals surface area contributed by atoms with Crippen molar-refractivity contribution >= 4 is 28.5 Å². The van der Waals surface area contributed by atoms with Crippen molar-refractivity contribution in [1.82, 2.24) is 24.2 Å². The van der Waals surface area contributed by atoms with Crippen LogP contribution in [0.25, 0.3) is 11.0 Å². The molecule has 0 bridgehead atoms. The Kier molecular flexibility index (Phi) is 5.11. The van der Waals surface area contributed by atoms with Crippen LogP contribution in [0.3, 0.4) is 0 Å². The second-order valence-electron chi connectivity index (χ2n) is 7.19. The molecule has 9 nitrogen and oxygen atoms in total. The van der Waals surface area contributed by atoms with Gasteiger partial charge in [-0.3, -0.25) is 23.6 Å². The summed E-state index contributed by atoms with van der Waals surface area (Å²) in [5.74, 6) is -0.305. The zero-order valence-corrected chi connectivity index (χ0v) is 16.1. The minimum Gasteiger partial charge on any atom is -0.341 e. The number of anilines is 1. The van der Waals surface area contributed by atoms with Gasteiger partial charge < -0.3 is 10.2 Å². The van der Waals surface area contributed by atoms with Crippen molar-refractivity contribution in [2.75, 3.05) is 18.4 Å². The van der Waals surface area contributed by atoms with E-state index >= 15 is 0 Å². The van der Waals surface area contributed by atoms with E-state index in [9.17, 15) is 14.4 Å². The zero-order valence-electron chi connectivity index (χ0n) is 16.1. The Morgan fingerprint density at radius 1 is 1.17 bits per heavy atom. The molecule has 0 aliphatic carbocycles. The van der Waals surface area contributed by atoms with Gasteiger partial charge in [0.1, 0.15) is 18.3 Å². The molecule has 1 N–H and O–H groups in total. The van der Waals surface area contributed by atoms with Gasteiger partial charge in [0, 0.05) is 31.7 Å². The van der Waals surface area contributed by atoms with E-state index in [-0.39, 0.29) is 29.8 Å². The number of carbonyl (C=O) groups is 2. The van der Waals surface area contributed by atoms with Gasteiger partial charge in [-0.15, -0.1) is 0 Å². The van der Waals surface area contributed by atoms with Gasteiger partial charge >= 0.3 is 0 Å². The van der Waals surface area contributed by atoms with Crippen molar-refractivity contribution in [2.45, 2.75) is 19.4 Å². The standard InChI is InChI=1S/C20H22N6O3/c1-24-18-16(11-22-24)20(29)26(13-21-18)12-17(27)25-9-7-14(8-10-25)19(28)23-15-5-3-2-4-6-15/h2-6,11,13-14H,7-10,12H2,1H3,(H,23,28). The quantitative estimate of drug-likeness (QED) is 0.711. The van der Waals surface area contributed by atoms with Gasteiger partial charge in [-0.25, -0.2) is 4.98 Å². The molecule has 9 heteroatoms. The van der Waals surface area contributed by atoms with E-state index in [1.165, 1.54) is 21.8 Å². The SMILES string of the molecule is Cn1ncc2c(=O)n(CC(=O)N3CCC(C(=O)Nc4ccccc4)CC3)cnc21. The fourth-order valence-electron chi connectivity index (χ4n) is 3.58. The number of aromatic nitrogens is 4. The number of hydrogen-bond donors (Lipinski definition) is 1. The number of amides is 2. The normalized spacial score (nSPS) is 14.9. The number of nitrogens with one attached hydrogen (secondary N) is 1. The Bertz CT molecular complexity index is 1100. The Labute approximate surface area is 166 Å². The van der Waals surface area contributed by atoms with Gasteiger partial charge in [-0.2, -0.15) is 5.10 Å². The lowest BCUT2D eigenvalue weighted by Gasteiger charge is -2.31. The molecule has 1 aliphatic heterocycles. The average Bonchev–Trinajstić information content (AvgIpc) is 3.12. The lowest BCUT2D eigenvalue weighted by molar-refractivity contribution is -0.135. The number of rotatable bonds is 4. The summed E-state index contributed by atoms with van der Waals surface area (Å²) in [5.41, 5.74) is 0.978. The van der Waals surface area contributed by atoms with Crippen LogP contribution in [0.5, 0.6) is 0 Å². The van der Waals surface area contributed by atoms with Crippen LogP contribution in [0, 0.1) is 5.92 Å². The van der Waals surface area contributed by atoms with Crippen LogP contribution in [0.2, 0.25) is 0 Å². The highest BCUT2D eigenvalue weighted by Crippen LogP contribution is 2.20. The highest BCUT2D eigenvalue weighted by molar-refractivity contribution is 5.92. The second-order valence-corrected chi connectivity index (χ2v) is 7.19. The number of fused-ring (bicyclic) bond motifs is 1. The molecule has 0 saturated carbocycles. The summed E-state index contributed by atoms with van der Waals surface area (Å²) in [4.78, 5) is 43.5. The summed E-state index contributed by atoms with van der Waals surface area (Å²) in [6.45, 7) is 0.906. The number of hydrogen-bond acceptors (Lipinski definition) is 5. The number of likely N-dealkylation sites (tertiary alicyclic amines) is 1. The smallest absolute Gasteiger partial charge is 0.264 e. The maximum absolute atomic E-state index is 12.6. The predicted molar refractivity (Wildman–Crippen MR) is 107 cm³/mol. The molecule has 2 aromatic heterocycles. The average molecular weight is 394 g/mol. The first kappa shape index (κ1) is 18.9. The van der Waals surface area contributed by atoms with Gasteiger partial charge in [-0.1, -0.05) is 18.2 Å². The Hall–Kier alpha value is -3.49. The van der Waals surface area contributed by atoms with Crippen LogP contribution in [-0.4, -0.2) is 49.1 Å².